The number of ether oxygens (including phenoxy) is 1. The van der Waals surface area contributed by atoms with Gasteiger partial charge in [0.1, 0.15) is 18.2 Å². The van der Waals surface area contributed by atoms with Crippen LogP contribution in [0.5, 0.6) is 5.75 Å². The molecule has 102 valence electrons. The van der Waals surface area contributed by atoms with Gasteiger partial charge in [-0.2, -0.15) is 4.57 Å². The highest BCUT2D eigenvalue weighted by Crippen LogP contribution is 2.26. The fraction of sp³-hybridized carbons (Fsp3) is 0.188. The normalized spacial score (nSPS) is 11.2. The standard InChI is InChI=1S/C16H14F2NO/c1-20-13-3-4-14-11(8-13)10-19(7-6-17)16-5-2-12(18)9-15(14)16/h2-5,8-10H,6-7H2,1H3/q+1. The molecule has 0 unspecified atom stereocenters. The van der Waals surface area contributed by atoms with Crippen LogP contribution in [0.15, 0.2) is 42.6 Å². The van der Waals surface area contributed by atoms with E-state index in [9.17, 15) is 8.78 Å². The highest BCUT2D eigenvalue weighted by Gasteiger charge is 2.14. The van der Waals surface area contributed by atoms with Crippen LogP contribution in [0.25, 0.3) is 21.7 Å². The van der Waals surface area contributed by atoms with E-state index in [-0.39, 0.29) is 12.4 Å². The average molecular weight is 274 g/mol. The third-order valence-corrected chi connectivity index (χ3v) is 3.44. The number of pyridine rings is 1. The molecule has 20 heavy (non-hydrogen) atoms. The molecule has 3 rings (SSSR count). The Labute approximate surface area is 115 Å². The van der Waals surface area contributed by atoms with Gasteiger partial charge in [0.15, 0.2) is 12.7 Å². The fourth-order valence-corrected chi connectivity index (χ4v) is 2.51. The first-order valence-corrected chi connectivity index (χ1v) is 6.38. The van der Waals surface area contributed by atoms with E-state index in [4.69, 9.17) is 4.74 Å². The molecular weight excluding hydrogens is 260 g/mol. The van der Waals surface area contributed by atoms with Gasteiger partial charge in [-0.3, -0.25) is 0 Å². The van der Waals surface area contributed by atoms with Crippen molar-refractivity contribution in [2.24, 2.45) is 0 Å². The van der Waals surface area contributed by atoms with Crippen molar-refractivity contribution < 1.29 is 18.1 Å². The summed E-state index contributed by atoms with van der Waals surface area (Å²) in [6.07, 6.45) is 1.87. The zero-order valence-corrected chi connectivity index (χ0v) is 11.1. The number of hydrogen-bond donors (Lipinski definition) is 0. The Morgan fingerprint density at radius 1 is 1.10 bits per heavy atom. The Morgan fingerprint density at radius 3 is 2.70 bits per heavy atom. The van der Waals surface area contributed by atoms with E-state index in [1.165, 1.54) is 12.1 Å². The lowest BCUT2D eigenvalue weighted by Gasteiger charge is -2.06. The van der Waals surface area contributed by atoms with Crippen LogP contribution >= 0.6 is 0 Å². The number of benzene rings is 2. The van der Waals surface area contributed by atoms with Crippen molar-refractivity contribution in [2.75, 3.05) is 13.8 Å². The van der Waals surface area contributed by atoms with Crippen LogP contribution in [0, 0.1) is 5.82 Å². The largest absolute Gasteiger partial charge is 0.497 e. The van der Waals surface area contributed by atoms with Crippen molar-refractivity contribution in [3.63, 3.8) is 0 Å². The number of methoxy groups -OCH3 is 1. The molecule has 0 spiro atoms. The minimum Gasteiger partial charge on any atom is -0.497 e. The molecule has 0 atom stereocenters. The minimum absolute atomic E-state index is 0.245. The first-order valence-electron chi connectivity index (χ1n) is 6.38. The van der Waals surface area contributed by atoms with Crippen LogP contribution < -0.4 is 9.30 Å². The third-order valence-electron chi connectivity index (χ3n) is 3.44. The maximum absolute atomic E-state index is 13.5. The summed E-state index contributed by atoms with van der Waals surface area (Å²) in [6, 6.07) is 10.2. The van der Waals surface area contributed by atoms with Crippen LogP contribution in [0.3, 0.4) is 0 Å². The first kappa shape index (κ1) is 12.8. The van der Waals surface area contributed by atoms with Crippen molar-refractivity contribution >= 4 is 21.7 Å². The summed E-state index contributed by atoms with van der Waals surface area (Å²) < 4.78 is 33.2. The van der Waals surface area contributed by atoms with Crippen molar-refractivity contribution in [3.8, 4) is 5.75 Å². The van der Waals surface area contributed by atoms with E-state index in [0.717, 1.165) is 27.4 Å². The van der Waals surface area contributed by atoms with E-state index in [2.05, 4.69) is 0 Å². The molecule has 0 saturated heterocycles. The van der Waals surface area contributed by atoms with Gasteiger partial charge in [0.05, 0.1) is 17.9 Å². The van der Waals surface area contributed by atoms with Gasteiger partial charge in [-0.1, -0.05) is 0 Å². The van der Waals surface area contributed by atoms with Crippen LogP contribution in [0.2, 0.25) is 0 Å². The van der Waals surface area contributed by atoms with Crippen LogP contribution in [-0.2, 0) is 6.54 Å². The molecule has 1 heterocycles. The zero-order valence-electron chi connectivity index (χ0n) is 11.1. The SMILES string of the molecule is COc1ccc2c(c1)c[n+](CCF)c1ccc(F)cc21. The number of alkyl halides is 1. The van der Waals surface area contributed by atoms with E-state index in [1.807, 2.05) is 24.4 Å². The number of aromatic nitrogens is 1. The van der Waals surface area contributed by atoms with Gasteiger partial charge in [-0.25, -0.2) is 8.78 Å². The second-order valence-corrected chi connectivity index (χ2v) is 4.63. The van der Waals surface area contributed by atoms with E-state index in [1.54, 1.807) is 17.7 Å². The molecule has 0 N–H and O–H groups in total. The molecule has 4 heteroatoms. The van der Waals surface area contributed by atoms with Gasteiger partial charge in [0.25, 0.3) is 0 Å². The van der Waals surface area contributed by atoms with Crippen molar-refractivity contribution in [1.82, 2.24) is 0 Å². The van der Waals surface area contributed by atoms with Gasteiger partial charge in [-0.15, -0.1) is 0 Å². The number of aryl methyl sites for hydroxylation is 1. The van der Waals surface area contributed by atoms with Crippen molar-refractivity contribution in [3.05, 3.63) is 48.4 Å². The first-order chi connectivity index (χ1) is 9.72. The summed E-state index contributed by atoms with van der Waals surface area (Å²) in [5.41, 5.74) is 0.821. The number of fused-ring (bicyclic) bond motifs is 3. The predicted molar refractivity (Wildman–Crippen MR) is 74.1 cm³/mol. The lowest BCUT2D eigenvalue weighted by molar-refractivity contribution is -0.670. The van der Waals surface area contributed by atoms with Crippen molar-refractivity contribution in [2.45, 2.75) is 6.54 Å². The maximum atomic E-state index is 13.5. The van der Waals surface area contributed by atoms with Crippen LogP contribution in [0.4, 0.5) is 8.78 Å². The quantitative estimate of drug-likeness (QED) is 0.527. The Balaban J connectivity index is 2.40. The topological polar surface area (TPSA) is 13.1 Å². The van der Waals surface area contributed by atoms with E-state index in [0.29, 0.717) is 0 Å². The Kier molecular flexibility index (Phi) is 3.22. The molecule has 0 aliphatic heterocycles. The Morgan fingerprint density at radius 2 is 1.95 bits per heavy atom. The van der Waals surface area contributed by atoms with Gasteiger partial charge < -0.3 is 4.74 Å². The van der Waals surface area contributed by atoms with Gasteiger partial charge in [0, 0.05) is 11.5 Å². The fourth-order valence-electron chi connectivity index (χ4n) is 2.51. The molecule has 0 aliphatic rings. The molecule has 0 bridgehead atoms. The number of hydrogen-bond acceptors (Lipinski definition) is 1. The molecular formula is C16H14F2NO+. The molecule has 2 aromatic carbocycles. The number of nitrogens with zero attached hydrogens (tertiary/aromatic N) is 1. The second kappa shape index (κ2) is 5.04. The minimum atomic E-state index is -0.466. The molecule has 0 radical (unpaired) electrons. The smallest absolute Gasteiger partial charge is 0.213 e. The monoisotopic (exact) mass is 274 g/mol. The number of halogens is 2. The highest BCUT2D eigenvalue weighted by atomic mass is 19.1. The molecule has 2 nitrogen and oxygen atoms in total. The average Bonchev–Trinajstić information content (AvgIpc) is 2.46. The predicted octanol–water partition coefficient (Wildman–Crippen LogP) is 3.40. The lowest BCUT2D eigenvalue weighted by Crippen LogP contribution is -2.35. The van der Waals surface area contributed by atoms with Gasteiger partial charge >= 0.3 is 0 Å². The summed E-state index contributed by atoms with van der Waals surface area (Å²) >= 11 is 0. The van der Waals surface area contributed by atoms with E-state index < -0.39 is 6.67 Å². The molecule has 0 saturated carbocycles. The van der Waals surface area contributed by atoms with Crippen LogP contribution in [-0.4, -0.2) is 13.8 Å². The lowest BCUT2D eigenvalue weighted by atomic mass is 10.1. The molecule has 3 aromatic rings. The van der Waals surface area contributed by atoms with Crippen LogP contribution in [0.1, 0.15) is 0 Å². The summed E-state index contributed by atoms with van der Waals surface area (Å²) in [6.45, 7) is -0.220. The van der Waals surface area contributed by atoms with Gasteiger partial charge in [-0.05, 0) is 30.3 Å². The summed E-state index contributed by atoms with van der Waals surface area (Å²) in [5.74, 6) is 0.424. The van der Waals surface area contributed by atoms with Crippen molar-refractivity contribution in [1.29, 1.82) is 0 Å². The number of rotatable bonds is 3. The molecule has 0 amide bonds. The second-order valence-electron chi connectivity index (χ2n) is 4.63. The summed E-state index contributed by atoms with van der Waals surface area (Å²) in [4.78, 5) is 0. The molecule has 0 aliphatic carbocycles. The maximum Gasteiger partial charge on any atom is 0.213 e. The molecule has 1 aromatic heterocycles. The highest BCUT2D eigenvalue weighted by molar-refractivity contribution is 6.04. The summed E-state index contributed by atoms with van der Waals surface area (Å²) in [7, 11) is 1.59. The van der Waals surface area contributed by atoms with Gasteiger partial charge in [0.2, 0.25) is 5.52 Å². The van der Waals surface area contributed by atoms with E-state index >= 15 is 0 Å². The zero-order chi connectivity index (χ0) is 14.1. The Hall–Kier alpha value is -2.23. The third kappa shape index (κ3) is 2.07. The molecule has 0 fully saturated rings. The Bertz CT molecular complexity index is 786. The summed E-state index contributed by atoms with van der Waals surface area (Å²) in [5, 5.41) is 2.60.